The van der Waals surface area contributed by atoms with Gasteiger partial charge in [-0.1, -0.05) is 25.3 Å². The summed E-state index contributed by atoms with van der Waals surface area (Å²) < 4.78 is 27.6. The van der Waals surface area contributed by atoms with Crippen LogP contribution in [0.25, 0.3) is 0 Å². The van der Waals surface area contributed by atoms with Gasteiger partial charge in [-0.3, -0.25) is 0 Å². The number of hydrogen-bond donors (Lipinski definition) is 1. The Balaban J connectivity index is 1.86. The molecule has 116 valence electrons. The van der Waals surface area contributed by atoms with Crippen LogP contribution in [-0.2, 0) is 10.0 Å². The lowest BCUT2D eigenvalue weighted by Gasteiger charge is -2.33. The molecular formula is C16H24N2O2S. The van der Waals surface area contributed by atoms with Gasteiger partial charge in [-0.25, -0.2) is 8.42 Å². The Bertz CT molecular complexity index is 594. The highest BCUT2D eigenvalue weighted by Gasteiger charge is 2.39. The average Bonchev–Trinajstić information content (AvgIpc) is 2.98. The van der Waals surface area contributed by atoms with Crippen LogP contribution >= 0.6 is 0 Å². The first-order chi connectivity index (χ1) is 10.1. The van der Waals surface area contributed by atoms with Gasteiger partial charge in [0.05, 0.1) is 4.90 Å². The van der Waals surface area contributed by atoms with Gasteiger partial charge in [-0.05, 0) is 49.8 Å². The molecule has 0 radical (unpaired) electrons. The van der Waals surface area contributed by atoms with Crippen molar-refractivity contribution in [1.29, 1.82) is 0 Å². The zero-order valence-electron chi connectivity index (χ0n) is 12.4. The van der Waals surface area contributed by atoms with Crippen molar-refractivity contribution in [3.8, 4) is 0 Å². The Kier molecular flexibility index (Phi) is 4.22. The molecule has 1 atom stereocenters. The molecule has 1 aromatic carbocycles. The van der Waals surface area contributed by atoms with E-state index in [9.17, 15) is 8.42 Å². The summed E-state index contributed by atoms with van der Waals surface area (Å²) in [5, 5.41) is 0. The van der Waals surface area contributed by atoms with Crippen LogP contribution in [0.4, 0.5) is 5.69 Å². The minimum atomic E-state index is -3.41. The summed E-state index contributed by atoms with van der Waals surface area (Å²) in [5.41, 5.74) is 6.25. The van der Waals surface area contributed by atoms with E-state index in [1.165, 1.54) is 32.1 Å². The second-order valence-electron chi connectivity index (χ2n) is 6.30. The van der Waals surface area contributed by atoms with Crippen LogP contribution in [0.3, 0.4) is 0 Å². The maximum Gasteiger partial charge on any atom is 0.243 e. The Morgan fingerprint density at radius 1 is 1.05 bits per heavy atom. The van der Waals surface area contributed by atoms with E-state index in [0.29, 0.717) is 23.0 Å². The van der Waals surface area contributed by atoms with E-state index in [1.54, 1.807) is 28.6 Å². The highest BCUT2D eigenvalue weighted by Crippen LogP contribution is 2.37. The quantitative estimate of drug-likeness (QED) is 0.873. The molecule has 2 fully saturated rings. The van der Waals surface area contributed by atoms with Gasteiger partial charge >= 0.3 is 0 Å². The third-order valence-corrected chi connectivity index (χ3v) is 6.83. The van der Waals surface area contributed by atoms with Gasteiger partial charge in [-0.2, -0.15) is 4.31 Å². The van der Waals surface area contributed by atoms with E-state index >= 15 is 0 Å². The Labute approximate surface area is 127 Å². The number of nitrogens with zero attached hydrogens (tertiary/aromatic N) is 1. The molecule has 0 aromatic heterocycles. The fourth-order valence-electron chi connectivity index (χ4n) is 3.86. The smallest absolute Gasteiger partial charge is 0.243 e. The molecule has 0 bridgehead atoms. The molecule has 2 N–H and O–H groups in total. The highest BCUT2D eigenvalue weighted by molar-refractivity contribution is 7.89. The van der Waals surface area contributed by atoms with E-state index in [2.05, 4.69) is 0 Å². The van der Waals surface area contributed by atoms with Crippen LogP contribution in [0.1, 0.15) is 44.9 Å². The lowest BCUT2D eigenvalue weighted by atomic mass is 9.83. The van der Waals surface area contributed by atoms with Crippen molar-refractivity contribution < 1.29 is 8.42 Å². The van der Waals surface area contributed by atoms with Crippen molar-refractivity contribution in [2.45, 2.75) is 55.9 Å². The molecule has 1 aliphatic carbocycles. The zero-order valence-corrected chi connectivity index (χ0v) is 13.2. The van der Waals surface area contributed by atoms with Crippen LogP contribution in [0.2, 0.25) is 0 Å². The van der Waals surface area contributed by atoms with E-state index in [0.717, 1.165) is 12.8 Å². The molecule has 1 unspecified atom stereocenters. The number of sulfonamides is 1. The zero-order chi connectivity index (χ0) is 14.9. The first-order valence-corrected chi connectivity index (χ1v) is 9.40. The maximum absolute atomic E-state index is 12.9. The van der Waals surface area contributed by atoms with Gasteiger partial charge in [0.15, 0.2) is 0 Å². The van der Waals surface area contributed by atoms with Crippen molar-refractivity contribution in [2.75, 3.05) is 12.3 Å². The molecule has 1 saturated carbocycles. The minimum Gasteiger partial charge on any atom is -0.399 e. The Morgan fingerprint density at radius 2 is 1.81 bits per heavy atom. The number of nitrogens with two attached hydrogens (primary N) is 1. The molecule has 0 spiro atoms. The van der Waals surface area contributed by atoms with E-state index in [1.807, 2.05) is 0 Å². The van der Waals surface area contributed by atoms with Crippen molar-refractivity contribution in [3.05, 3.63) is 24.3 Å². The maximum atomic E-state index is 12.9. The van der Waals surface area contributed by atoms with Gasteiger partial charge in [0.1, 0.15) is 0 Å². The lowest BCUT2D eigenvalue weighted by Crippen LogP contribution is -2.40. The third-order valence-electron chi connectivity index (χ3n) is 4.91. The second-order valence-corrected chi connectivity index (χ2v) is 8.19. The predicted octanol–water partition coefficient (Wildman–Crippen LogP) is 3.00. The fourth-order valence-corrected chi connectivity index (χ4v) is 5.67. The number of nitrogen functional groups attached to an aromatic ring is 1. The van der Waals surface area contributed by atoms with Gasteiger partial charge in [0.25, 0.3) is 0 Å². The molecule has 1 aliphatic heterocycles. The summed E-state index contributed by atoms with van der Waals surface area (Å²) >= 11 is 0. The van der Waals surface area contributed by atoms with Gasteiger partial charge in [0.2, 0.25) is 10.0 Å². The summed E-state index contributed by atoms with van der Waals surface area (Å²) in [5.74, 6) is 0.539. The first kappa shape index (κ1) is 14.9. The van der Waals surface area contributed by atoms with Gasteiger partial charge < -0.3 is 5.73 Å². The molecule has 5 heteroatoms. The van der Waals surface area contributed by atoms with E-state index in [-0.39, 0.29) is 6.04 Å². The number of rotatable bonds is 3. The number of benzene rings is 1. The highest BCUT2D eigenvalue weighted by atomic mass is 32.2. The topological polar surface area (TPSA) is 63.4 Å². The summed E-state index contributed by atoms with van der Waals surface area (Å²) in [6.07, 6.45) is 8.11. The molecular weight excluding hydrogens is 284 g/mol. The van der Waals surface area contributed by atoms with E-state index in [4.69, 9.17) is 5.73 Å². The standard InChI is InChI=1S/C16H24N2O2S/c17-14-8-4-9-15(12-14)21(19,20)18-11-5-10-16(18)13-6-2-1-3-7-13/h4,8-9,12-13,16H,1-3,5-7,10-11,17H2. The number of hydrogen-bond acceptors (Lipinski definition) is 3. The normalized spacial score (nSPS) is 25.2. The van der Waals surface area contributed by atoms with Crippen molar-refractivity contribution >= 4 is 15.7 Å². The molecule has 1 aromatic rings. The fraction of sp³-hybridized carbons (Fsp3) is 0.625. The molecule has 21 heavy (non-hydrogen) atoms. The minimum absolute atomic E-state index is 0.191. The average molecular weight is 308 g/mol. The van der Waals surface area contributed by atoms with Crippen molar-refractivity contribution in [3.63, 3.8) is 0 Å². The summed E-state index contributed by atoms with van der Waals surface area (Å²) in [6, 6.07) is 6.86. The first-order valence-electron chi connectivity index (χ1n) is 7.96. The predicted molar refractivity (Wildman–Crippen MR) is 84.3 cm³/mol. The molecule has 3 rings (SSSR count). The molecule has 0 amide bonds. The van der Waals surface area contributed by atoms with E-state index < -0.39 is 10.0 Å². The summed E-state index contributed by atoms with van der Waals surface area (Å²) in [6.45, 7) is 0.651. The third kappa shape index (κ3) is 2.94. The Hall–Kier alpha value is -1.07. The summed E-state index contributed by atoms with van der Waals surface area (Å²) in [7, 11) is -3.41. The van der Waals surface area contributed by atoms with Crippen LogP contribution in [0.15, 0.2) is 29.2 Å². The van der Waals surface area contributed by atoms with Crippen LogP contribution in [-0.4, -0.2) is 25.3 Å². The second kappa shape index (κ2) is 5.97. The van der Waals surface area contributed by atoms with Crippen molar-refractivity contribution in [2.24, 2.45) is 5.92 Å². The van der Waals surface area contributed by atoms with Gasteiger partial charge in [-0.15, -0.1) is 0 Å². The monoisotopic (exact) mass is 308 g/mol. The summed E-state index contributed by atoms with van der Waals surface area (Å²) in [4.78, 5) is 0.338. The van der Waals surface area contributed by atoms with Crippen molar-refractivity contribution in [1.82, 2.24) is 4.31 Å². The van der Waals surface area contributed by atoms with Crippen LogP contribution in [0.5, 0.6) is 0 Å². The lowest BCUT2D eigenvalue weighted by molar-refractivity contribution is 0.226. The number of anilines is 1. The van der Waals surface area contributed by atoms with Crippen LogP contribution in [0, 0.1) is 5.92 Å². The largest absolute Gasteiger partial charge is 0.399 e. The molecule has 4 nitrogen and oxygen atoms in total. The molecule has 1 heterocycles. The SMILES string of the molecule is Nc1cccc(S(=O)(=O)N2CCCC2C2CCCCC2)c1. The molecule has 2 aliphatic rings. The Morgan fingerprint density at radius 3 is 2.52 bits per heavy atom. The van der Waals surface area contributed by atoms with Gasteiger partial charge in [0, 0.05) is 18.3 Å². The van der Waals surface area contributed by atoms with Crippen LogP contribution < -0.4 is 5.73 Å². The molecule has 1 saturated heterocycles.